The fourth-order valence-corrected chi connectivity index (χ4v) is 1.52. The summed E-state index contributed by atoms with van der Waals surface area (Å²) >= 11 is 0. The van der Waals surface area contributed by atoms with Crippen molar-refractivity contribution >= 4 is 23.3 Å². The van der Waals surface area contributed by atoms with Gasteiger partial charge in [-0.2, -0.15) is 0 Å². The highest BCUT2D eigenvalue weighted by Gasteiger charge is 2.15. The van der Waals surface area contributed by atoms with Crippen LogP contribution < -0.4 is 11.1 Å². The molecule has 0 bridgehead atoms. The van der Waals surface area contributed by atoms with Crippen molar-refractivity contribution in [3.05, 3.63) is 33.9 Å². The van der Waals surface area contributed by atoms with E-state index in [-0.39, 0.29) is 36.5 Å². The van der Waals surface area contributed by atoms with E-state index >= 15 is 0 Å². The molecule has 0 spiro atoms. The summed E-state index contributed by atoms with van der Waals surface area (Å²) in [6.45, 7) is 2.12. The second kappa shape index (κ2) is 7.07. The summed E-state index contributed by atoms with van der Waals surface area (Å²) < 4.78 is 4.73. The minimum Gasteiger partial charge on any atom is -0.466 e. The largest absolute Gasteiger partial charge is 0.466 e. The highest BCUT2D eigenvalue weighted by atomic mass is 16.6. The monoisotopic (exact) mass is 281 g/mol. The number of nitro groups is 1. The van der Waals surface area contributed by atoms with E-state index in [1.807, 2.05) is 0 Å². The molecular formula is C12H15N3O5. The van der Waals surface area contributed by atoms with Crippen molar-refractivity contribution in [1.82, 2.24) is 0 Å². The fourth-order valence-electron chi connectivity index (χ4n) is 1.52. The van der Waals surface area contributed by atoms with Gasteiger partial charge in [0.15, 0.2) is 0 Å². The number of nitrogens with two attached hydrogens (primary N) is 1. The third kappa shape index (κ3) is 4.23. The van der Waals surface area contributed by atoms with Crippen LogP contribution in [0.2, 0.25) is 0 Å². The van der Waals surface area contributed by atoms with Gasteiger partial charge in [-0.15, -0.1) is 0 Å². The van der Waals surface area contributed by atoms with Gasteiger partial charge in [0.1, 0.15) is 5.69 Å². The minimum atomic E-state index is -0.687. The number of nitro benzene ring substituents is 1. The number of hydrogen-bond donors (Lipinski definition) is 2. The van der Waals surface area contributed by atoms with Crippen LogP contribution in [0.25, 0.3) is 0 Å². The van der Waals surface area contributed by atoms with Crippen molar-refractivity contribution in [1.29, 1.82) is 0 Å². The maximum absolute atomic E-state index is 11.2. The molecule has 0 fully saturated rings. The summed E-state index contributed by atoms with van der Waals surface area (Å²) in [6, 6.07) is 3.75. The Morgan fingerprint density at radius 2 is 2.15 bits per heavy atom. The zero-order chi connectivity index (χ0) is 15.1. The summed E-state index contributed by atoms with van der Waals surface area (Å²) in [5, 5.41) is 13.6. The van der Waals surface area contributed by atoms with E-state index in [1.54, 1.807) is 6.92 Å². The number of carbonyl (C=O) groups excluding carboxylic acids is 2. The number of benzene rings is 1. The maximum atomic E-state index is 11.2. The number of primary amides is 1. The van der Waals surface area contributed by atoms with Gasteiger partial charge in [0, 0.05) is 18.2 Å². The van der Waals surface area contributed by atoms with E-state index in [1.165, 1.54) is 18.2 Å². The van der Waals surface area contributed by atoms with E-state index < -0.39 is 16.8 Å². The number of carbonyl (C=O) groups is 2. The lowest BCUT2D eigenvalue weighted by atomic mass is 10.1. The Kier molecular flexibility index (Phi) is 5.45. The molecule has 0 saturated carbocycles. The molecule has 0 aliphatic carbocycles. The lowest BCUT2D eigenvalue weighted by Crippen LogP contribution is -2.14. The predicted octanol–water partition coefficient (Wildman–Crippen LogP) is 1.06. The number of ether oxygens (including phenoxy) is 1. The number of nitrogens with one attached hydrogen (secondary N) is 1. The molecule has 0 atom stereocenters. The first-order valence-corrected chi connectivity index (χ1v) is 5.93. The van der Waals surface area contributed by atoms with Gasteiger partial charge < -0.3 is 15.8 Å². The Hall–Kier alpha value is -2.64. The first-order valence-electron chi connectivity index (χ1n) is 5.93. The highest BCUT2D eigenvalue weighted by Crippen LogP contribution is 2.25. The fraction of sp³-hybridized carbons (Fsp3) is 0.333. The smallest absolute Gasteiger partial charge is 0.307 e. The van der Waals surface area contributed by atoms with Gasteiger partial charge >= 0.3 is 5.97 Å². The van der Waals surface area contributed by atoms with Gasteiger partial charge in [0.2, 0.25) is 5.91 Å². The summed E-state index contributed by atoms with van der Waals surface area (Å²) in [4.78, 5) is 32.5. The number of nitrogens with zero attached hydrogens (tertiary/aromatic N) is 1. The van der Waals surface area contributed by atoms with Gasteiger partial charge in [-0.1, -0.05) is 0 Å². The van der Waals surface area contributed by atoms with E-state index in [4.69, 9.17) is 10.5 Å². The van der Waals surface area contributed by atoms with Gasteiger partial charge in [0.05, 0.1) is 18.0 Å². The van der Waals surface area contributed by atoms with Crippen LogP contribution in [0.15, 0.2) is 18.2 Å². The Morgan fingerprint density at radius 3 is 2.70 bits per heavy atom. The van der Waals surface area contributed by atoms with Gasteiger partial charge in [-0.25, -0.2) is 0 Å². The van der Waals surface area contributed by atoms with Crippen molar-refractivity contribution in [3.63, 3.8) is 0 Å². The Balaban J connectivity index is 2.80. The van der Waals surface area contributed by atoms with Gasteiger partial charge in [-0.3, -0.25) is 19.7 Å². The number of amides is 1. The van der Waals surface area contributed by atoms with Crippen LogP contribution in [0.3, 0.4) is 0 Å². The predicted molar refractivity (Wildman–Crippen MR) is 71.4 cm³/mol. The molecule has 0 saturated heterocycles. The van der Waals surface area contributed by atoms with Crippen LogP contribution in [0.4, 0.5) is 11.4 Å². The third-order valence-electron chi connectivity index (χ3n) is 2.43. The van der Waals surface area contributed by atoms with Gasteiger partial charge in [-0.05, 0) is 19.1 Å². The molecule has 0 radical (unpaired) electrons. The molecule has 0 aliphatic rings. The molecule has 1 aromatic carbocycles. The second-order valence-electron chi connectivity index (χ2n) is 3.84. The first kappa shape index (κ1) is 15.4. The highest BCUT2D eigenvalue weighted by molar-refractivity contribution is 5.94. The van der Waals surface area contributed by atoms with Crippen molar-refractivity contribution in [2.24, 2.45) is 5.73 Å². The molecule has 20 heavy (non-hydrogen) atoms. The average Bonchev–Trinajstić information content (AvgIpc) is 2.38. The molecule has 108 valence electrons. The summed E-state index contributed by atoms with van der Waals surface area (Å²) in [7, 11) is 0. The summed E-state index contributed by atoms with van der Waals surface area (Å²) in [6.07, 6.45) is 0.0613. The second-order valence-corrected chi connectivity index (χ2v) is 3.84. The number of rotatable bonds is 7. The van der Waals surface area contributed by atoms with E-state index in [9.17, 15) is 19.7 Å². The number of hydrogen-bond acceptors (Lipinski definition) is 6. The van der Waals surface area contributed by atoms with E-state index in [0.717, 1.165) is 0 Å². The van der Waals surface area contributed by atoms with Crippen LogP contribution in [0.1, 0.15) is 23.7 Å². The van der Waals surface area contributed by atoms with E-state index in [0.29, 0.717) is 0 Å². The van der Waals surface area contributed by atoms with Gasteiger partial charge in [0.25, 0.3) is 5.69 Å². The molecule has 1 aromatic rings. The van der Waals surface area contributed by atoms with Crippen molar-refractivity contribution in [3.8, 4) is 0 Å². The molecule has 0 aromatic heterocycles. The lowest BCUT2D eigenvalue weighted by molar-refractivity contribution is -0.384. The quantitative estimate of drug-likeness (QED) is 0.437. The average molecular weight is 281 g/mol. The Labute approximate surface area is 115 Å². The van der Waals surface area contributed by atoms with Crippen LogP contribution in [0.5, 0.6) is 0 Å². The van der Waals surface area contributed by atoms with Crippen LogP contribution >= 0.6 is 0 Å². The lowest BCUT2D eigenvalue weighted by Gasteiger charge is -2.08. The molecule has 8 heteroatoms. The standard InChI is InChI=1S/C12H15N3O5/c1-2-20-11(16)5-6-14-9-7-8(12(13)17)3-4-10(9)15(18)19/h3-4,7,14H,2,5-6H2,1H3,(H2,13,17). The van der Waals surface area contributed by atoms with Crippen LogP contribution in [0, 0.1) is 10.1 Å². The molecule has 1 rings (SSSR count). The zero-order valence-corrected chi connectivity index (χ0v) is 10.9. The molecule has 1 amide bonds. The Bertz CT molecular complexity index is 530. The SMILES string of the molecule is CCOC(=O)CCNc1cc(C(N)=O)ccc1[N+](=O)[O-]. The topological polar surface area (TPSA) is 125 Å². The maximum Gasteiger partial charge on any atom is 0.307 e. The van der Waals surface area contributed by atoms with E-state index in [2.05, 4.69) is 5.32 Å². The molecule has 0 heterocycles. The third-order valence-corrected chi connectivity index (χ3v) is 2.43. The minimum absolute atomic E-state index is 0.0613. The van der Waals surface area contributed by atoms with Crippen molar-refractivity contribution < 1.29 is 19.2 Å². The Morgan fingerprint density at radius 1 is 1.45 bits per heavy atom. The van der Waals surface area contributed by atoms with Crippen LogP contribution in [-0.4, -0.2) is 30.0 Å². The number of anilines is 1. The first-order chi connectivity index (χ1) is 9.45. The zero-order valence-electron chi connectivity index (χ0n) is 10.9. The molecule has 3 N–H and O–H groups in total. The molecule has 0 unspecified atom stereocenters. The van der Waals surface area contributed by atoms with Crippen molar-refractivity contribution in [2.45, 2.75) is 13.3 Å². The molecular weight excluding hydrogens is 266 g/mol. The summed E-state index contributed by atoms with van der Waals surface area (Å²) in [5.41, 5.74) is 5.20. The number of esters is 1. The summed E-state index contributed by atoms with van der Waals surface area (Å²) in [5.74, 6) is -1.10. The molecule has 8 nitrogen and oxygen atoms in total. The van der Waals surface area contributed by atoms with Crippen molar-refractivity contribution in [2.75, 3.05) is 18.5 Å². The normalized spacial score (nSPS) is 9.85. The van der Waals surface area contributed by atoms with Crippen LogP contribution in [-0.2, 0) is 9.53 Å². The molecule has 0 aliphatic heterocycles.